The molecule has 2 aliphatic carbocycles. The number of benzene rings is 1. The van der Waals surface area contributed by atoms with E-state index in [9.17, 15) is 10.2 Å². The Hall–Kier alpha value is -0.900. The van der Waals surface area contributed by atoms with Crippen LogP contribution in [0.5, 0.6) is 0 Å². The minimum absolute atomic E-state index is 0.196. The van der Waals surface area contributed by atoms with E-state index < -0.39 is 11.7 Å². The van der Waals surface area contributed by atoms with Crippen LogP contribution in [0.4, 0.5) is 0 Å². The molecule has 2 saturated carbocycles. The van der Waals surface area contributed by atoms with Gasteiger partial charge in [-0.25, -0.2) is 0 Å². The van der Waals surface area contributed by atoms with Crippen molar-refractivity contribution in [2.75, 3.05) is 13.6 Å². The molecule has 2 aliphatic rings. The predicted octanol–water partition coefficient (Wildman–Crippen LogP) is 2.28. The van der Waals surface area contributed by atoms with Crippen LogP contribution in [0.15, 0.2) is 30.3 Å². The number of fused-ring (bicyclic) bond motifs is 1. The highest BCUT2D eigenvalue weighted by molar-refractivity contribution is 5.17. The van der Waals surface area contributed by atoms with Crippen LogP contribution in [0.25, 0.3) is 0 Å². The summed E-state index contributed by atoms with van der Waals surface area (Å²) in [6.07, 6.45) is 1.15. The summed E-state index contributed by atoms with van der Waals surface area (Å²) in [5, 5.41) is 21.5. The van der Waals surface area contributed by atoms with Crippen LogP contribution in [-0.4, -0.2) is 40.4 Å². The number of nitrogens with zero attached hydrogens (tertiary/aromatic N) is 1. The Labute approximate surface area is 127 Å². The summed E-state index contributed by atoms with van der Waals surface area (Å²) >= 11 is 0. The largest absolute Gasteiger partial charge is 0.390 e. The van der Waals surface area contributed by atoms with E-state index in [1.165, 1.54) is 5.56 Å². The fourth-order valence-electron chi connectivity index (χ4n) is 4.44. The molecule has 2 fully saturated rings. The summed E-state index contributed by atoms with van der Waals surface area (Å²) in [6, 6.07) is 10.3. The highest BCUT2D eigenvalue weighted by Gasteiger charge is 2.67. The molecule has 0 amide bonds. The van der Waals surface area contributed by atoms with Crippen LogP contribution < -0.4 is 0 Å². The van der Waals surface area contributed by atoms with Crippen molar-refractivity contribution >= 4 is 0 Å². The smallest absolute Gasteiger partial charge is 0.103 e. The first kappa shape index (κ1) is 15.0. The molecule has 116 valence electrons. The number of aliphatic hydroxyl groups is 2. The molecular formula is C18H27NO2. The Morgan fingerprint density at radius 3 is 2.57 bits per heavy atom. The lowest BCUT2D eigenvalue weighted by atomic mass is 9.81. The van der Waals surface area contributed by atoms with Gasteiger partial charge < -0.3 is 10.2 Å². The molecule has 4 atom stereocenters. The Balaban J connectivity index is 1.64. The quantitative estimate of drug-likeness (QED) is 0.894. The molecule has 1 aromatic carbocycles. The van der Waals surface area contributed by atoms with Crippen LogP contribution in [0, 0.1) is 17.3 Å². The maximum Gasteiger partial charge on any atom is 0.103 e. The molecule has 0 spiro atoms. The lowest BCUT2D eigenvalue weighted by Gasteiger charge is -2.39. The lowest BCUT2D eigenvalue weighted by Crippen LogP contribution is -2.53. The number of hydrogen-bond acceptors (Lipinski definition) is 3. The third-order valence-corrected chi connectivity index (χ3v) is 5.76. The van der Waals surface area contributed by atoms with Crippen LogP contribution in [0.1, 0.15) is 32.3 Å². The van der Waals surface area contributed by atoms with Gasteiger partial charge in [0.1, 0.15) is 5.60 Å². The highest BCUT2D eigenvalue weighted by Crippen LogP contribution is 2.66. The SMILES string of the molecule is CN(Cc1ccccc1)C[C@]1(O)CC[C@H]2[C@@H]([C@H]1O)C2(C)C. The first-order valence-electron chi connectivity index (χ1n) is 7.97. The van der Waals surface area contributed by atoms with E-state index in [0.717, 1.165) is 13.0 Å². The van der Waals surface area contributed by atoms with E-state index in [0.29, 0.717) is 18.9 Å². The maximum absolute atomic E-state index is 10.9. The average Bonchev–Trinajstić information content (AvgIpc) is 2.98. The Morgan fingerprint density at radius 2 is 1.90 bits per heavy atom. The minimum Gasteiger partial charge on any atom is -0.390 e. The van der Waals surface area contributed by atoms with Gasteiger partial charge in [0.2, 0.25) is 0 Å². The molecule has 0 bridgehead atoms. The minimum atomic E-state index is -0.960. The van der Waals surface area contributed by atoms with Gasteiger partial charge in [-0.2, -0.15) is 0 Å². The molecule has 0 heterocycles. The molecule has 3 heteroatoms. The molecular weight excluding hydrogens is 262 g/mol. The fourth-order valence-corrected chi connectivity index (χ4v) is 4.44. The van der Waals surface area contributed by atoms with Gasteiger partial charge in [-0.1, -0.05) is 44.2 Å². The van der Waals surface area contributed by atoms with Gasteiger partial charge in [-0.3, -0.25) is 4.90 Å². The van der Waals surface area contributed by atoms with Gasteiger partial charge in [0, 0.05) is 13.1 Å². The fraction of sp³-hybridized carbons (Fsp3) is 0.667. The second kappa shape index (κ2) is 5.08. The van der Waals surface area contributed by atoms with Gasteiger partial charge in [-0.15, -0.1) is 0 Å². The zero-order valence-corrected chi connectivity index (χ0v) is 13.3. The van der Waals surface area contributed by atoms with Crippen molar-refractivity contribution in [3.63, 3.8) is 0 Å². The van der Waals surface area contributed by atoms with Crippen molar-refractivity contribution in [1.29, 1.82) is 0 Å². The average molecular weight is 289 g/mol. The molecule has 0 aliphatic heterocycles. The molecule has 0 aromatic heterocycles. The summed E-state index contributed by atoms with van der Waals surface area (Å²) < 4.78 is 0. The number of likely N-dealkylation sites (N-methyl/N-ethyl adjacent to an activating group) is 1. The second-order valence-corrected chi connectivity index (χ2v) is 7.70. The maximum atomic E-state index is 10.9. The molecule has 0 saturated heterocycles. The van der Waals surface area contributed by atoms with Crippen molar-refractivity contribution < 1.29 is 10.2 Å². The molecule has 3 rings (SSSR count). The summed E-state index contributed by atoms with van der Waals surface area (Å²) in [7, 11) is 2.02. The number of aliphatic hydroxyl groups excluding tert-OH is 1. The van der Waals surface area contributed by atoms with Gasteiger partial charge in [0.15, 0.2) is 0 Å². The van der Waals surface area contributed by atoms with E-state index in [1.54, 1.807) is 0 Å². The number of hydrogen-bond donors (Lipinski definition) is 2. The van der Waals surface area contributed by atoms with E-state index >= 15 is 0 Å². The van der Waals surface area contributed by atoms with E-state index in [1.807, 2.05) is 25.2 Å². The van der Waals surface area contributed by atoms with Crippen molar-refractivity contribution in [2.45, 2.75) is 44.9 Å². The first-order chi connectivity index (χ1) is 9.84. The van der Waals surface area contributed by atoms with Gasteiger partial charge in [0.25, 0.3) is 0 Å². The molecule has 0 radical (unpaired) electrons. The van der Waals surface area contributed by atoms with E-state index in [4.69, 9.17) is 0 Å². The first-order valence-corrected chi connectivity index (χ1v) is 7.97. The third-order valence-electron chi connectivity index (χ3n) is 5.76. The molecule has 21 heavy (non-hydrogen) atoms. The monoisotopic (exact) mass is 289 g/mol. The van der Waals surface area contributed by atoms with Gasteiger partial charge in [0.05, 0.1) is 6.10 Å². The molecule has 0 unspecified atom stereocenters. The zero-order valence-electron chi connectivity index (χ0n) is 13.3. The zero-order chi connectivity index (χ0) is 15.3. The number of rotatable bonds is 4. The Bertz CT molecular complexity index is 501. The van der Waals surface area contributed by atoms with Crippen molar-refractivity contribution in [2.24, 2.45) is 17.3 Å². The standard InChI is InChI=1S/C18H27NO2/c1-17(2)14-9-10-18(21,16(20)15(14)17)12-19(3)11-13-7-5-4-6-8-13/h4-8,14-16,20-21H,9-12H2,1-3H3/t14-,15-,16+,18+/m0/s1. The molecule has 3 nitrogen and oxygen atoms in total. The summed E-state index contributed by atoms with van der Waals surface area (Å²) in [4.78, 5) is 2.12. The topological polar surface area (TPSA) is 43.7 Å². The summed E-state index contributed by atoms with van der Waals surface area (Å²) in [5.74, 6) is 0.855. The lowest BCUT2D eigenvalue weighted by molar-refractivity contribution is -0.120. The van der Waals surface area contributed by atoms with Crippen LogP contribution >= 0.6 is 0 Å². The summed E-state index contributed by atoms with van der Waals surface area (Å²) in [5.41, 5.74) is 0.471. The molecule has 2 N–H and O–H groups in total. The second-order valence-electron chi connectivity index (χ2n) is 7.70. The van der Waals surface area contributed by atoms with Gasteiger partial charge >= 0.3 is 0 Å². The van der Waals surface area contributed by atoms with Crippen molar-refractivity contribution in [1.82, 2.24) is 4.90 Å². The van der Waals surface area contributed by atoms with Crippen LogP contribution in [-0.2, 0) is 6.54 Å². The molecule has 1 aromatic rings. The highest BCUT2D eigenvalue weighted by atomic mass is 16.3. The van der Waals surface area contributed by atoms with Crippen LogP contribution in [0.2, 0.25) is 0 Å². The van der Waals surface area contributed by atoms with E-state index in [2.05, 4.69) is 30.9 Å². The predicted molar refractivity (Wildman–Crippen MR) is 83.7 cm³/mol. The third kappa shape index (κ3) is 2.63. The van der Waals surface area contributed by atoms with Gasteiger partial charge in [-0.05, 0) is 42.7 Å². The Morgan fingerprint density at radius 1 is 1.24 bits per heavy atom. The van der Waals surface area contributed by atoms with Crippen molar-refractivity contribution in [3.05, 3.63) is 35.9 Å². The normalized spacial score (nSPS) is 37.3. The van der Waals surface area contributed by atoms with Crippen molar-refractivity contribution in [3.8, 4) is 0 Å². The Kier molecular flexibility index (Phi) is 3.63. The summed E-state index contributed by atoms with van der Waals surface area (Å²) in [6.45, 7) is 5.76. The van der Waals surface area contributed by atoms with E-state index in [-0.39, 0.29) is 11.3 Å². The van der Waals surface area contributed by atoms with Crippen LogP contribution in [0.3, 0.4) is 0 Å².